The van der Waals surface area contributed by atoms with E-state index in [4.69, 9.17) is 10.5 Å². The molecule has 0 heterocycles. The quantitative estimate of drug-likeness (QED) is 0.362. The van der Waals surface area contributed by atoms with Crippen LogP contribution in [0.4, 0.5) is 4.79 Å². The highest BCUT2D eigenvalue weighted by molar-refractivity contribution is 5.93. The summed E-state index contributed by atoms with van der Waals surface area (Å²) < 4.78 is 5.32. The van der Waals surface area contributed by atoms with Crippen LogP contribution in [0, 0.1) is 0 Å². The third-order valence-corrected chi connectivity index (χ3v) is 5.59. The van der Waals surface area contributed by atoms with E-state index >= 15 is 0 Å². The lowest BCUT2D eigenvalue weighted by Crippen LogP contribution is -2.59. The van der Waals surface area contributed by atoms with Crippen LogP contribution in [-0.4, -0.2) is 57.0 Å². The van der Waals surface area contributed by atoms with Gasteiger partial charge < -0.3 is 31.1 Å². The van der Waals surface area contributed by atoms with E-state index in [0.717, 1.165) is 0 Å². The zero-order valence-corrected chi connectivity index (χ0v) is 22.7. The Morgan fingerprint density at radius 2 is 1.64 bits per heavy atom. The van der Waals surface area contributed by atoms with Gasteiger partial charge in [-0.25, -0.2) is 4.79 Å². The van der Waals surface area contributed by atoms with Gasteiger partial charge in [0.15, 0.2) is 0 Å². The molecule has 202 valence electrons. The van der Waals surface area contributed by atoms with Crippen molar-refractivity contribution in [3.8, 4) is 5.75 Å². The zero-order valence-electron chi connectivity index (χ0n) is 22.7. The Kier molecular flexibility index (Phi) is 10.8. The number of nitrogens with one attached hydrogen (secondary N) is 2. The minimum atomic E-state index is -1.22. The largest absolute Gasteiger partial charge is 0.508 e. The molecule has 0 saturated heterocycles. The number of nitrogens with two attached hydrogens (primary N) is 1. The van der Waals surface area contributed by atoms with Crippen molar-refractivity contribution in [1.82, 2.24) is 15.5 Å². The fourth-order valence-electron chi connectivity index (χ4n) is 3.59. The minimum absolute atomic E-state index is 0.0943. The first-order valence-corrected chi connectivity index (χ1v) is 12.2. The standard InChI is InChI=1S/C26H42N4O6/c1-9-26(7,8)30(21(22(33)28-16(2)3)17-12-10-11-13-19(17)31)23(34)18(14-15-20(27)32)29-24(35)36-25(4,5)6/h10-13,16,18,21,31H,9,14-15H2,1-8H3,(H2,27,32)(H,28,33)(H,29,35). The second-order valence-electron chi connectivity index (χ2n) is 10.7. The lowest BCUT2D eigenvalue weighted by Gasteiger charge is -2.44. The maximum atomic E-state index is 14.1. The van der Waals surface area contributed by atoms with Crippen LogP contribution in [0.2, 0.25) is 0 Å². The van der Waals surface area contributed by atoms with Crippen molar-refractivity contribution in [1.29, 1.82) is 0 Å². The summed E-state index contributed by atoms with van der Waals surface area (Å²) in [6, 6.07) is 3.63. The van der Waals surface area contributed by atoms with Gasteiger partial charge in [0.25, 0.3) is 0 Å². The second-order valence-corrected chi connectivity index (χ2v) is 10.7. The molecule has 1 rings (SSSR count). The molecule has 0 spiro atoms. The number of alkyl carbamates (subject to hydrolysis) is 1. The van der Waals surface area contributed by atoms with Gasteiger partial charge >= 0.3 is 6.09 Å². The van der Waals surface area contributed by atoms with E-state index in [0.29, 0.717) is 6.42 Å². The molecule has 36 heavy (non-hydrogen) atoms. The molecule has 1 aromatic carbocycles. The number of phenols is 1. The highest BCUT2D eigenvalue weighted by Crippen LogP contribution is 2.36. The molecule has 0 saturated carbocycles. The number of carbonyl (C=O) groups excluding carboxylic acids is 4. The smallest absolute Gasteiger partial charge is 0.408 e. The van der Waals surface area contributed by atoms with Crippen molar-refractivity contribution < 1.29 is 29.0 Å². The van der Waals surface area contributed by atoms with Crippen molar-refractivity contribution >= 4 is 23.8 Å². The summed E-state index contributed by atoms with van der Waals surface area (Å²) in [7, 11) is 0. The molecule has 0 aliphatic carbocycles. The normalized spacial score (nSPS) is 13.5. The first-order chi connectivity index (χ1) is 16.5. The van der Waals surface area contributed by atoms with E-state index < -0.39 is 47.0 Å². The maximum Gasteiger partial charge on any atom is 0.408 e. The second kappa shape index (κ2) is 12.6. The topological polar surface area (TPSA) is 151 Å². The van der Waals surface area contributed by atoms with Crippen LogP contribution in [0.1, 0.15) is 86.3 Å². The molecule has 5 N–H and O–H groups in total. The van der Waals surface area contributed by atoms with Crippen molar-refractivity contribution in [2.45, 2.75) is 104 Å². The number of hydrogen-bond acceptors (Lipinski definition) is 6. The molecule has 0 fully saturated rings. The minimum Gasteiger partial charge on any atom is -0.508 e. The molecule has 0 aromatic heterocycles. The number of ether oxygens (including phenoxy) is 1. The first-order valence-electron chi connectivity index (χ1n) is 12.2. The number of primary amides is 1. The molecule has 10 nitrogen and oxygen atoms in total. The number of amides is 4. The maximum absolute atomic E-state index is 14.1. The third kappa shape index (κ3) is 9.05. The summed E-state index contributed by atoms with van der Waals surface area (Å²) in [6.45, 7) is 14.1. The van der Waals surface area contributed by atoms with Gasteiger partial charge in [-0.3, -0.25) is 14.4 Å². The molecule has 0 aliphatic heterocycles. The molecule has 2 atom stereocenters. The van der Waals surface area contributed by atoms with Crippen molar-refractivity contribution in [2.24, 2.45) is 5.73 Å². The zero-order chi connectivity index (χ0) is 27.8. The van der Waals surface area contributed by atoms with Crippen LogP contribution in [0.25, 0.3) is 0 Å². The Hall–Kier alpha value is -3.30. The van der Waals surface area contributed by atoms with Crippen molar-refractivity contribution in [3.63, 3.8) is 0 Å². The number of benzene rings is 1. The SMILES string of the molecule is CCC(C)(C)N(C(=O)C(CCC(N)=O)NC(=O)OC(C)(C)C)C(C(=O)NC(C)C)c1ccccc1O. The molecule has 0 aliphatic rings. The predicted octanol–water partition coefficient (Wildman–Crippen LogP) is 3.13. The van der Waals surface area contributed by atoms with Gasteiger partial charge in [-0.15, -0.1) is 0 Å². The number of nitrogens with zero attached hydrogens (tertiary/aromatic N) is 1. The van der Waals surface area contributed by atoms with Gasteiger partial charge in [-0.05, 0) is 67.4 Å². The molecule has 0 bridgehead atoms. The van der Waals surface area contributed by atoms with Gasteiger partial charge in [0.2, 0.25) is 17.7 Å². The van der Waals surface area contributed by atoms with Crippen molar-refractivity contribution in [2.75, 3.05) is 0 Å². The summed E-state index contributed by atoms with van der Waals surface area (Å²) in [5.74, 6) is -1.90. The van der Waals surface area contributed by atoms with E-state index in [1.807, 2.05) is 6.92 Å². The number of phenolic OH excluding ortho intramolecular Hbond substituents is 1. The van der Waals surface area contributed by atoms with E-state index in [1.165, 1.54) is 11.0 Å². The summed E-state index contributed by atoms with van der Waals surface area (Å²) >= 11 is 0. The average Bonchev–Trinajstić information content (AvgIpc) is 2.73. The Balaban J connectivity index is 3.66. The van der Waals surface area contributed by atoms with Crippen molar-refractivity contribution in [3.05, 3.63) is 29.8 Å². The third-order valence-electron chi connectivity index (χ3n) is 5.59. The Morgan fingerprint density at radius 3 is 2.11 bits per heavy atom. The van der Waals surface area contributed by atoms with Gasteiger partial charge in [-0.1, -0.05) is 25.1 Å². The lowest BCUT2D eigenvalue weighted by molar-refractivity contribution is -0.149. The van der Waals surface area contributed by atoms with Crippen LogP contribution in [0.3, 0.4) is 0 Å². The summed E-state index contributed by atoms with van der Waals surface area (Å²) in [5.41, 5.74) is 3.85. The molecule has 0 radical (unpaired) electrons. The summed E-state index contributed by atoms with van der Waals surface area (Å²) in [5, 5.41) is 16.0. The average molecular weight is 507 g/mol. The molecular formula is C26H42N4O6. The van der Waals surface area contributed by atoms with Crippen LogP contribution in [0.5, 0.6) is 5.75 Å². The van der Waals surface area contributed by atoms with E-state index in [-0.39, 0.29) is 30.2 Å². The van der Waals surface area contributed by atoms with Gasteiger partial charge in [0.05, 0.1) is 0 Å². The predicted molar refractivity (Wildman–Crippen MR) is 137 cm³/mol. The van der Waals surface area contributed by atoms with Gasteiger partial charge in [-0.2, -0.15) is 0 Å². The number of rotatable bonds is 11. The monoisotopic (exact) mass is 506 g/mol. The number of aromatic hydroxyl groups is 1. The Labute approximate surface area is 213 Å². The lowest BCUT2D eigenvalue weighted by atomic mass is 9.91. The van der Waals surface area contributed by atoms with Crippen LogP contribution in [0.15, 0.2) is 24.3 Å². The Bertz CT molecular complexity index is 939. The number of carbonyl (C=O) groups is 4. The summed E-state index contributed by atoms with van der Waals surface area (Å²) in [6.07, 6.45) is -0.660. The number of para-hydroxylation sites is 1. The molecule has 2 unspecified atom stereocenters. The highest BCUT2D eigenvalue weighted by atomic mass is 16.6. The Morgan fingerprint density at radius 1 is 1.06 bits per heavy atom. The van der Waals surface area contributed by atoms with E-state index in [1.54, 1.807) is 66.7 Å². The molecule has 10 heteroatoms. The van der Waals surface area contributed by atoms with Gasteiger partial charge in [0, 0.05) is 23.6 Å². The van der Waals surface area contributed by atoms with E-state index in [9.17, 15) is 24.3 Å². The fraction of sp³-hybridized carbons (Fsp3) is 0.615. The van der Waals surface area contributed by atoms with Crippen LogP contribution < -0.4 is 16.4 Å². The van der Waals surface area contributed by atoms with Gasteiger partial charge in [0.1, 0.15) is 23.4 Å². The summed E-state index contributed by atoms with van der Waals surface area (Å²) in [4.78, 5) is 53.1. The molecule has 4 amide bonds. The molecular weight excluding hydrogens is 464 g/mol. The fourth-order valence-corrected chi connectivity index (χ4v) is 3.59. The highest BCUT2D eigenvalue weighted by Gasteiger charge is 2.44. The number of hydrogen-bond donors (Lipinski definition) is 4. The molecule has 1 aromatic rings. The van der Waals surface area contributed by atoms with E-state index in [2.05, 4.69) is 10.6 Å². The van der Waals surface area contributed by atoms with Crippen LogP contribution >= 0.6 is 0 Å². The van der Waals surface area contributed by atoms with Crippen LogP contribution in [-0.2, 0) is 19.1 Å². The first kappa shape index (κ1) is 30.7.